The van der Waals surface area contributed by atoms with Gasteiger partial charge in [-0.25, -0.2) is 4.98 Å². The normalized spacial score (nSPS) is 9.64. The van der Waals surface area contributed by atoms with Crippen molar-refractivity contribution in [3.05, 3.63) is 22.7 Å². The molecule has 0 saturated carbocycles. The highest BCUT2D eigenvalue weighted by Gasteiger charge is 1.99. The molecule has 4 heteroatoms. The van der Waals surface area contributed by atoms with Crippen LogP contribution in [-0.4, -0.2) is 15.8 Å². The lowest BCUT2D eigenvalue weighted by atomic mass is 10.2. The van der Waals surface area contributed by atoms with Crippen molar-refractivity contribution in [3.63, 3.8) is 0 Å². The summed E-state index contributed by atoms with van der Waals surface area (Å²) in [7, 11) is 0. The van der Waals surface area contributed by atoms with Gasteiger partial charge >= 0.3 is 0 Å². The number of carbonyl (C=O) groups excluding carboxylic acids is 1. The average molecular weight is 215 g/mol. The van der Waals surface area contributed by atoms with Gasteiger partial charge in [0.25, 0.3) is 0 Å². The van der Waals surface area contributed by atoms with Crippen molar-refractivity contribution in [1.29, 1.82) is 0 Å². The summed E-state index contributed by atoms with van der Waals surface area (Å²) in [5.41, 5.74) is 0.701. The summed E-state index contributed by atoms with van der Waals surface area (Å²) in [5, 5.41) is 0. The van der Waals surface area contributed by atoms with Crippen LogP contribution in [0.5, 0.6) is 0 Å². The van der Waals surface area contributed by atoms with E-state index in [1.54, 1.807) is 12.4 Å². The Labute approximate surface area is 73.0 Å². The molecule has 0 amide bonds. The van der Waals surface area contributed by atoms with Gasteiger partial charge in [0.1, 0.15) is 10.4 Å². The summed E-state index contributed by atoms with van der Waals surface area (Å²) in [6.45, 7) is 1.53. The smallest absolute Gasteiger partial charge is 0.135 e. The van der Waals surface area contributed by atoms with Crippen LogP contribution < -0.4 is 0 Å². The van der Waals surface area contributed by atoms with Gasteiger partial charge in [-0.2, -0.15) is 0 Å². The first-order chi connectivity index (χ1) is 5.18. The van der Waals surface area contributed by atoms with Crippen LogP contribution in [0, 0.1) is 0 Å². The van der Waals surface area contributed by atoms with E-state index in [-0.39, 0.29) is 5.78 Å². The average Bonchev–Trinajstić information content (AvgIpc) is 1.85. The van der Waals surface area contributed by atoms with Gasteiger partial charge in [-0.15, -0.1) is 0 Å². The minimum absolute atomic E-state index is 0.0948. The van der Waals surface area contributed by atoms with E-state index in [4.69, 9.17) is 0 Å². The topological polar surface area (TPSA) is 42.9 Å². The molecule has 1 heterocycles. The molecular weight excluding hydrogens is 208 g/mol. The molecular formula is C7H7BrN2O. The molecule has 0 aliphatic heterocycles. The molecule has 0 aliphatic rings. The predicted molar refractivity (Wildman–Crippen MR) is 44.1 cm³/mol. The van der Waals surface area contributed by atoms with Crippen LogP contribution in [0.1, 0.15) is 12.6 Å². The molecule has 1 rings (SSSR count). The molecule has 58 valence electrons. The summed E-state index contributed by atoms with van der Waals surface area (Å²) < 4.78 is 0.663. The maximum Gasteiger partial charge on any atom is 0.135 e. The number of nitrogens with zero attached hydrogens (tertiary/aromatic N) is 2. The van der Waals surface area contributed by atoms with Gasteiger partial charge < -0.3 is 0 Å². The van der Waals surface area contributed by atoms with E-state index in [0.717, 1.165) is 0 Å². The van der Waals surface area contributed by atoms with Gasteiger partial charge in [0.05, 0.1) is 11.9 Å². The van der Waals surface area contributed by atoms with Crippen molar-refractivity contribution < 1.29 is 4.79 Å². The first-order valence-electron chi connectivity index (χ1n) is 3.14. The molecule has 11 heavy (non-hydrogen) atoms. The minimum atomic E-state index is 0.0948. The fraction of sp³-hybridized carbons (Fsp3) is 0.286. The van der Waals surface area contributed by atoms with Gasteiger partial charge in [0, 0.05) is 12.6 Å². The van der Waals surface area contributed by atoms with E-state index in [1.807, 2.05) is 0 Å². The van der Waals surface area contributed by atoms with Gasteiger partial charge in [0.15, 0.2) is 0 Å². The number of carbonyl (C=O) groups is 1. The highest BCUT2D eigenvalue weighted by atomic mass is 79.9. The SMILES string of the molecule is CC(=O)Cc1cncc(Br)n1. The Morgan fingerprint density at radius 2 is 2.36 bits per heavy atom. The largest absolute Gasteiger partial charge is 0.300 e. The van der Waals surface area contributed by atoms with Crippen molar-refractivity contribution in [2.75, 3.05) is 0 Å². The summed E-state index contributed by atoms with van der Waals surface area (Å²) in [6, 6.07) is 0. The van der Waals surface area contributed by atoms with Crippen molar-refractivity contribution in [2.24, 2.45) is 0 Å². The second-order valence-electron chi connectivity index (χ2n) is 2.21. The lowest BCUT2D eigenvalue weighted by Gasteiger charge is -1.94. The lowest BCUT2D eigenvalue weighted by Crippen LogP contribution is -1.99. The quantitative estimate of drug-likeness (QED) is 0.748. The third-order valence-corrected chi connectivity index (χ3v) is 1.47. The third kappa shape index (κ3) is 2.76. The number of hydrogen-bond donors (Lipinski definition) is 0. The number of ketones is 1. The lowest BCUT2D eigenvalue weighted by molar-refractivity contribution is -0.116. The van der Waals surface area contributed by atoms with Crippen molar-refractivity contribution in [3.8, 4) is 0 Å². The number of hydrogen-bond acceptors (Lipinski definition) is 3. The molecule has 0 unspecified atom stereocenters. The molecule has 0 bridgehead atoms. The van der Waals surface area contributed by atoms with E-state index >= 15 is 0 Å². The standard InChI is InChI=1S/C7H7BrN2O/c1-5(11)2-6-3-9-4-7(8)10-6/h3-4H,2H2,1H3. The molecule has 0 radical (unpaired) electrons. The number of Topliss-reactive ketones (excluding diaryl/α,β-unsaturated/α-hetero) is 1. The summed E-state index contributed by atoms with van der Waals surface area (Å²) >= 11 is 3.17. The predicted octanol–water partition coefficient (Wildman–Crippen LogP) is 1.37. The van der Waals surface area contributed by atoms with Crippen molar-refractivity contribution in [1.82, 2.24) is 9.97 Å². The molecule has 1 aromatic heterocycles. The van der Waals surface area contributed by atoms with Crippen LogP contribution in [0.15, 0.2) is 17.0 Å². The van der Waals surface area contributed by atoms with E-state index < -0.39 is 0 Å². The summed E-state index contributed by atoms with van der Waals surface area (Å²) in [5.74, 6) is 0.0948. The maximum absolute atomic E-state index is 10.6. The first-order valence-corrected chi connectivity index (χ1v) is 3.93. The molecule has 1 aromatic rings. The van der Waals surface area contributed by atoms with Crippen LogP contribution in [0.4, 0.5) is 0 Å². The van der Waals surface area contributed by atoms with Crippen LogP contribution in [0.25, 0.3) is 0 Å². The van der Waals surface area contributed by atoms with Gasteiger partial charge in [-0.05, 0) is 22.9 Å². The second kappa shape index (κ2) is 3.57. The van der Waals surface area contributed by atoms with Crippen LogP contribution in [0.2, 0.25) is 0 Å². The number of rotatable bonds is 2. The zero-order chi connectivity index (χ0) is 8.27. The van der Waals surface area contributed by atoms with E-state index in [2.05, 4.69) is 25.9 Å². The van der Waals surface area contributed by atoms with E-state index in [1.165, 1.54) is 6.92 Å². The monoisotopic (exact) mass is 214 g/mol. The second-order valence-corrected chi connectivity index (χ2v) is 3.02. The maximum atomic E-state index is 10.6. The molecule has 0 fully saturated rings. The molecule has 0 saturated heterocycles. The molecule has 0 N–H and O–H groups in total. The van der Waals surface area contributed by atoms with Crippen LogP contribution >= 0.6 is 15.9 Å². The zero-order valence-corrected chi connectivity index (χ0v) is 7.63. The van der Waals surface area contributed by atoms with Crippen LogP contribution in [0.3, 0.4) is 0 Å². The minimum Gasteiger partial charge on any atom is -0.300 e. The molecule has 3 nitrogen and oxygen atoms in total. The van der Waals surface area contributed by atoms with Crippen molar-refractivity contribution in [2.45, 2.75) is 13.3 Å². The Hall–Kier alpha value is -0.770. The first kappa shape index (κ1) is 8.33. The number of aromatic nitrogens is 2. The van der Waals surface area contributed by atoms with Gasteiger partial charge in [-0.1, -0.05) is 0 Å². The van der Waals surface area contributed by atoms with E-state index in [9.17, 15) is 4.79 Å². The Balaban J connectivity index is 2.79. The summed E-state index contributed by atoms with van der Waals surface area (Å²) in [6.07, 6.45) is 3.53. The Morgan fingerprint density at radius 3 is 2.91 bits per heavy atom. The Bertz CT molecular complexity index is 275. The Kier molecular flexibility index (Phi) is 2.70. The zero-order valence-electron chi connectivity index (χ0n) is 6.04. The fourth-order valence-corrected chi connectivity index (χ4v) is 1.07. The molecule has 0 spiro atoms. The van der Waals surface area contributed by atoms with Gasteiger partial charge in [-0.3, -0.25) is 9.78 Å². The third-order valence-electron chi connectivity index (χ3n) is 1.09. The Morgan fingerprint density at radius 1 is 1.64 bits per heavy atom. The fourth-order valence-electron chi connectivity index (χ4n) is 0.720. The highest BCUT2D eigenvalue weighted by molar-refractivity contribution is 9.10. The molecule has 0 aromatic carbocycles. The highest BCUT2D eigenvalue weighted by Crippen LogP contribution is 2.04. The molecule has 0 atom stereocenters. The number of halogens is 1. The summed E-state index contributed by atoms with van der Waals surface area (Å²) in [4.78, 5) is 18.6. The van der Waals surface area contributed by atoms with Gasteiger partial charge in [0.2, 0.25) is 0 Å². The van der Waals surface area contributed by atoms with Crippen LogP contribution in [-0.2, 0) is 11.2 Å². The van der Waals surface area contributed by atoms with Crippen molar-refractivity contribution >= 4 is 21.7 Å². The molecule has 0 aliphatic carbocycles. The van der Waals surface area contributed by atoms with E-state index in [0.29, 0.717) is 16.7 Å².